The Kier molecular flexibility index (Phi) is 6.03. The zero-order valence-electron chi connectivity index (χ0n) is 14.8. The summed E-state index contributed by atoms with van der Waals surface area (Å²) in [6.07, 6.45) is 2.62. The molecular weight excluding hydrogens is 367 g/mol. The molecule has 3 aromatic rings. The van der Waals surface area contributed by atoms with Gasteiger partial charge in [0.05, 0.1) is 24.4 Å². The van der Waals surface area contributed by atoms with Crippen LogP contribution >= 0.6 is 11.3 Å². The third-order valence-corrected chi connectivity index (χ3v) is 4.77. The molecule has 0 unspecified atom stereocenters. The van der Waals surface area contributed by atoms with Crippen molar-refractivity contribution >= 4 is 23.0 Å². The number of carbonyl (C=O) groups is 1. The average Bonchev–Trinajstić information content (AvgIpc) is 3.13. The van der Waals surface area contributed by atoms with Gasteiger partial charge in [-0.05, 0) is 37.6 Å². The van der Waals surface area contributed by atoms with Gasteiger partial charge in [0.25, 0.3) is 0 Å². The summed E-state index contributed by atoms with van der Waals surface area (Å²) >= 11 is 1.57. The number of benzene rings is 1. The molecule has 27 heavy (non-hydrogen) atoms. The van der Waals surface area contributed by atoms with Crippen LogP contribution < -0.4 is 10.5 Å². The van der Waals surface area contributed by atoms with Crippen molar-refractivity contribution in [2.45, 2.75) is 19.8 Å². The van der Waals surface area contributed by atoms with Crippen molar-refractivity contribution in [3.05, 3.63) is 58.7 Å². The fourth-order valence-electron chi connectivity index (χ4n) is 2.44. The minimum Gasteiger partial charge on any atom is -0.466 e. The molecule has 0 saturated carbocycles. The van der Waals surface area contributed by atoms with E-state index in [0.717, 1.165) is 16.1 Å². The molecule has 0 saturated heterocycles. The fraction of sp³-hybridized carbons (Fsp3) is 0.200. The predicted molar refractivity (Wildman–Crippen MR) is 103 cm³/mol. The minimum atomic E-state index is -0.522. The first kappa shape index (κ1) is 18.8. The third kappa shape index (κ3) is 5.04. The van der Waals surface area contributed by atoms with Crippen LogP contribution in [0.1, 0.15) is 18.2 Å². The molecule has 0 aliphatic carbocycles. The molecule has 1 aromatic carbocycles. The van der Waals surface area contributed by atoms with Crippen molar-refractivity contribution in [1.82, 2.24) is 4.98 Å². The van der Waals surface area contributed by atoms with Crippen LogP contribution in [0.3, 0.4) is 0 Å². The second-order valence-electron chi connectivity index (χ2n) is 5.77. The first-order chi connectivity index (χ1) is 13.0. The number of nitrogens with zero attached hydrogens (tertiary/aromatic N) is 1. The molecule has 0 aliphatic heterocycles. The van der Waals surface area contributed by atoms with Gasteiger partial charge in [-0.1, -0.05) is 0 Å². The molecule has 0 bridgehead atoms. The molecule has 0 fully saturated rings. The summed E-state index contributed by atoms with van der Waals surface area (Å²) < 4.78 is 24.2. The average molecular weight is 386 g/mol. The Morgan fingerprint density at radius 3 is 2.81 bits per heavy atom. The molecular formula is C20H19FN2O3S. The maximum atomic E-state index is 13.6. The summed E-state index contributed by atoms with van der Waals surface area (Å²) in [5.41, 5.74) is 7.23. The van der Waals surface area contributed by atoms with Gasteiger partial charge in [0.15, 0.2) is 0 Å². The topological polar surface area (TPSA) is 74.4 Å². The van der Waals surface area contributed by atoms with E-state index in [-0.39, 0.29) is 11.7 Å². The second-order valence-corrected chi connectivity index (χ2v) is 6.76. The quantitative estimate of drug-likeness (QED) is 0.465. The SMILES string of the molecule is CCOC(=O)CCc1cc(-c2cc(Oc3ccc(N)c(F)c3)ccn2)cs1. The number of nitrogen functional groups attached to an aromatic ring is 1. The zero-order valence-corrected chi connectivity index (χ0v) is 15.6. The van der Waals surface area contributed by atoms with Gasteiger partial charge in [-0.25, -0.2) is 4.39 Å². The van der Waals surface area contributed by atoms with Crippen LogP contribution in [0.15, 0.2) is 48.0 Å². The van der Waals surface area contributed by atoms with E-state index in [1.54, 1.807) is 42.7 Å². The number of nitrogens with two attached hydrogens (primary N) is 1. The normalized spacial score (nSPS) is 10.6. The number of aromatic nitrogens is 1. The smallest absolute Gasteiger partial charge is 0.306 e. The van der Waals surface area contributed by atoms with Crippen LogP contribution in [0.25, 0.3) is 11.3 Å². The summed E-state index contributed by atoms with van der Waals surface area (Å²) in [5, 5.41) is 1.98. The lowest BCUT2D eigenvalue weighted by Gasteiger charge is -2.07. The van der Waals surface area contributed by atoms with E-state index < -0.39 is 5.82 Å². The van der Waals surface area contributed by atoms with Crippen molar-refractivity contribution in [1.29, 1.82) is 0 Å². The number of pyridine rings is 1. The van der Waals surface area contributed by atoms with Crippen LogP contribution in [-0.2, 0) is 16.0 Å². The van der Waals surface area contributed by atoms with Gasteiger partial charge in [-0.2, -0.15) is 0 Å². The monoisotopic (exact) mass is 386 g/mol. The van der Waals surface area contributed by atoms with Gasteiger partial charge in [0, 0.05) is 34.2 Å². The lowest BCUT2D eigenvalue weighted by molar-refractivity contribution is -0.143. The summed E-state index contributed by atoms with van der Waals surface area (Å²) in [6.45, 7) is 2.18. The number of hydrogen-bond acceptors (Lipinski definition) is 6. The number of esters is 1. The van der Waals surface area contributed by atoms with E-state index in [0.29, 0.717) is 30.9 Å². The molecule has 0 atom stereocenters. The summed E-state index contributed by atoms with van der Waals surface area (Å²) in [6, 6.07) is 9.79. The molecule has 5 nitrogen and oxygen atoms in total. The van der Waals surface area contributed by atoms with Crippen LogP contribution in [0.2, 0.25) is 0 Å². The second kappa shape index (κ2) is 8.64. The molecule has 2 N–H and O–H groups in total. The van der Waals surface area contributed by atoms with Crippen LogP contribution in [0.4, 0.5) is 10.1 Å². The van der Waals surface area contributed by atoms with E-state index in [4.69, 9.17) is 15.2 Å². The van der Waals surface area contributed by atoms with Gasteiger partial charge >= 0.3 is 5.97 Å². The van der Waals surface area contributed by atoms with Crippen molar-refractivity contribution in [2.75, 3.05) is 12.3 Å². The summed E-state index contributed by atoms with van der Waals surface area (Å²) in [7, 11) is 0. The minimum absolute atomic E-state index is 0.0754. The molecule has 0 spiro atoms. The zero-order chi connectivity index (χ0) is 19.2. The molecule has 2 heterocycles. The van der Waals surface area contributed by atoms with Gasteiger partial charge in [0.2, 0.25) is 0 Å². The molecule has 0 aliphatic rings. The summed E-state index contributed by atoms with van der Waals surface area (Å²) in [5.74, 6) is 0.185. The molecule has 0 radical (unpaired) electrons. The van der Waals surface area contributed by atoms with Crippen LogP contribution in [-0.4, -0.2) is 17.6 Å². The Morgan fingerprint density at radius 1 is 1.22 bits per heavy atom. The van der Waals surface area contributed by atoms with E-state index in [2.05, 4.69) is 4.98 Å². The standard InChI is InChI=1S/C20H19FN2O3S/c1-2-25-20(24)6-4-16-9-13(12-27-16)19-11-15(7-8-23-19)26-14-3-5-18(22)17(21)10-14/h3,5,7-12H,2,4,6,22H2,1H3. The number of halogens is 1. The number of ether oxygens (including phenoxy) is 2. The third-order valence-electron chi connectivity index (χ3n) is 3.77. The first-order valence-corrected chi connectivity index (χ1v) is 9.35. The lowest BCUT2D eigenvalue weighted by atomic mass is 10.2. The fourth-order valence-corrected chi connectivity index (χ4v) is 3.33. The van der Waals surface area contributed by atoms with Crippen molar-refractivity contribution in [3.8, 4) is 22.8 Å². The number of carbonyl (C=O) groups excluding carboxylic acids is 1. The summed E-state index contributed by atoms with van der Waals surface area (Å²) in [4.78, 5) is 16.9. The Balaban J connectivity index is 1.70. The maximum absolute atomic E-state index is 13.6. The predicted octanol–water partition coefficient (Wildman–Crippen LogP) is 4.82. The van der Waals surface area contributed by atoms with E-state index >= 15 is 0 Å². The first-order valence-electron chi connectivity index (χ1n) is 8.47. The van der Waals surface area contributed by atoms with Gasteiger partial charge in [0.1, 0.15) is 17.3 Å². The highest BCUT2D eigenvalue weighted by Gasteiger charge is 2.09. The number of anilines is 1. The van der Waals surface area contributed by atoms with Crippen molar-refractivity contribution in [3.63, 3.8) is 0 Å². The van der Waals surface area contributed by atoms with Crippen LogP contribution in [0.5, 0.6) is 11.5 Å². The highest BCUT2D eigenvalue weighted by Crippen LogP contribution is 2.30. The Hall–Kier alpha value is -2.93. The van der Waals surface area contributed by atoms with E-state index in [1.807, 2.05) is 11.4 Å². The molecule has 3 rings (SSSR count). The molecule has 7 heteroatoms. The Labute approximate surface area is 160 Å². The van der Waals surface area contributed by atoms with Crippen molar-refractivity contribution in [2.24, 2.45) is 0 Å². The van der Waals surface area contributed by atoms with Gasteiger partial charge < -0.3 is 15.2 Å². The Bertz CT molecular complexity index is 942. The number of aryl methyl sites for hydroxylation is 1. The Morgan fingerprint density at radius 2 is 2.04 bits per heavy atom. The number of rotatable bonds is 7. The number of hydrogen-bond donors (Lipinski definition) is 1. The van der Waals surface area contributed by atoms with Gasteiger partial charge in [-0.3, -0.25) is 9.78 Å². The molecule has 2 aromatic heterocycles. The van der Waals surface area contributed by atoms with E-state index in [9.17, 15) is 9.18 Å². The molecule has 140 valence electrons. The number of thiophene rings is 1. The largest absolute Gasteiger partial charge is 0.466 e. The van der Waals surface area contributed by atoms with Crippen LogP contribution in [0, 0.1) is 5.82 Å². The van der Waals surface area contributed by atoms with Crippen molar-refractivity contribution < 1.29 is 18.7 Å². The maximum Gasteiger partial charge on any atom is 0.306 e. The highest BCUT2D eigenvalue weighted by atomic mass is 32.1. The lowest BCUT2D eigenvalue weighted by Crippen LogP contribution is -2.04. The highest BCUT2D eigenvalue weighted by molar-refractivity contribution is 7.10. The van der Waals surface area contributed by atoms with E-state index in [1.165, 1.54) is 12.1 Å². The molecule has 0 amide bonds. The van der Waals surface area contributed by atoms with Gasteiger partial charge in [-0.15, -0.1) is 11.3 Å².